The number of benzene rings is 2. The zero-order valence-corrected chi connectivity index (χ0v) is 14.8. The van der Waals surface area contributed by atoms with Crippen molar-refractivity contribution >= 4 is 27.7 Å². The normalized spacial score (nSPS) is 11.1. The van der Waals surface area contributed by atoms with Gasteiger partial charge in [-0.3, -0.25) is 4.79 Å². The highest BCUT2D eigenvalue weighted by Crippen LogP contribution is 2.33. The Morgan fingerprint density at radius 1 is 1.00 bits per heavy atom. The number of fused-ring (bicyclic) bond motifs is 1. The van der Waals surface area contributed by atoms with E-state index in [1.807, 2.05) is 60.7 Å². The third-order valence-electron chi connectivity index (χ3n) is 4.30. The van der Waals surface area contributed by atoms with Gasteiger partial charge in [-0.2, -0.15) is 4.98 Å². The third kappa shape index (κ3) is 2.98. The molecule has 134 valence electrons. The molecular formula is C20H14N2O4S. The molecule has 7 heteroatoms. The van der Waals surface area contributed by atoms with E-state index in [1.54, 1.807) is 4.57 Å². The van der Waals surface area contributed by atoms with Crippen molar-refractivity contribution in [3.05, 3.63) is 93.8 Å². The highest BCUT2D eigenvalue weighted by atomic mass is 32.1. The average Bonchev–Trinajstić information content (AvgIpc) is 3.07. The Labute approximate surface area is 157 Å². The molecule has 4 rings (SSSR count). The quantitative estimate of drug-likeness (QED) is 0.567. The summed E-state index contributed by atoms with van der Waals surface area (Å²) in [5, 5.41) is 19.1. The van der Waals surface area contributed by atoms with Gasteiger partial charge in [0.05, 0.1) is 6.04 Å². The van der Waals surface area contributed by atoms with E-state index in [2.05, 4.69) is 4.98 Å². The molecule has 0 saturated heterocycles. The van der Waals surface area contributed by atoms with Crippen LogP contribution in [0.25, 0.3) is 10.3 Å². The minimum atomic E-state index is -1.33. The lowest BCUT2D eigenvalue weighted by Crippen LogP contribution is -2.21. The summed E-state index contributed by atoms with van der Waals surface area (Å²) in [5.74, 6) is -1.33. The van der Waals surface area contributed by atoms with Crippen molar-refractivity contribution in [3.8, 4) is 5.19 Å². The molecule has 0 aliphatic heterocycles. The number of carboxylic acids is 1. The molecule has 0 atom stereocenters. The molecule has 0 amide bonds. The Morgan fingerprint density at radius 3 is 2.07 bits per heavy atom. The maximum Gasteiger partial charge on any atom is 0.341 e. The van der Waals surface area contributed by atoms with Gasteiger partial charge in [0.15, 0.2) is 5.52 Å². The lowest BCUT2D eigenvalue weighted by atomic mass is 9.98. The SMILES string of the molecule is O=C(O)c1cn(C(c2ccccc2)c2ccccc2)c2sc(O)nc2c1=O. The van der Waals surface area contributed by atoms with Crippen LogP contribution in [0.15, 0.2) is 71.7 Å². The Hall–Kier alpha value is -3.45. The van der Waals surface area contributed by atoms with E-state index in [-0.39, 0.29) is 22.3 Å². The van der Waals surface area contributed by atoms with E-state index in [4.69, 9.17) is 0 Å². The molecule has 0 bridgehead atoms. The summed E-state index contributed by atoms with van der Waals surface area (Å²) in [5.41, 5.74) is 0.694. The van der Waals surface area contributed by atoms with Crippen molar-refractivity contribution in [2.75, 3.05) is 0 Å². The van der Waals surface area contributed by atoms with Gasteiger partial charge in [-0.1, -0.05) is 72.0 Å². The van der Waals surface area contributed by atoms with E-state index in [0.29, 0.717) is 4.83 Å². The minimum Gasteiger partial charge on any atom is -0.486 e. The van der Waals surface area contributed by atoms with Crippen LogP contribution in [0.4, 0.5) is 0 Å². The monoisotopic (exact) mass is 378 g/mol. The number of pyridine rings is 1. The number of thiazole rings is 1. The summed E-state index contributed by atoms with van der Waals surface area (Å²) in [6.07, 6.45) is 1.33. The number of hydrogen-bond acceptors (Lipinski definition) is 5. The lowest BCUT2D eigenvalue weighted by Gasteiger charge is -2.23. The zero-order valence-electron chi connectivity index (χ0n) is 13.9. The minimum absolute atomic E-state index is 0.0470. The molecule has 0 aliphatic rings. The summed E-state index contributed by atoms with van der Waals surface area (Å²) in [4.78, 5) is 28.4. The second-order valence-corrected chi connectivity index (χ2v) is 6.91. The molecule has 27 heavy (non-hydrogen) atoms. The van der Waals surface area contributed by atoms with E-state index in [0.717, 1.165) is 22.5 Å². The first-order valence-corrected chi connectivity index (χ1v) is 8.95. The van der Waals surface area contributed by atoms with Crippen molar-refractivity contribution in [2.24, 2.45) is 0 Å². The predicted octanol–water partition coefficient (Wildman–Crippen LogP) is 3.50. The van der Waals surface area contributed by atoms with Crippen molar-refractivity contribution in [3.63, 3.8) is 0 Å². The second kappa shape index (κ2) is 6.69. The number of aromatic nitrogens is 2. The summed E-state index contributed by atoms with van der Waals surface area (Å²) >= 11 is 0.945. The van der Waals surface area contributed by atoms with E-state index in [1.165, 1.54) is 6.20 Å². The zero-order chi connectivity index (χ0) is 19.0. The number of aromatic carboxylic acids is 1. The maximum absolute atomic E-state index is 12.5. The molecule has 2 heterocycles. The predicted molar refractivity (Wildman–Crippen MR) is 103 cm³/mol. The van der Waals surface area contributed by atoms with Gasteiger partial charge in [-0.25, -0.2) is 4.79 Å². The molecule has 0 fully saturated rings. The van der Waals surface area contributed by atoms with Crippen LogP contribution in [-0.4, -0.2) is 25.7 Å². The van der Waals surface area contributed by atoms with Crippen LogP contribution in [-0.2, 0) is 0 Å². The fourth-order valence-electron chi connectivity index (χ4n) is 3.14. The van der Waals surface area contributed by atoms with E-state index in [9.17, 15) is 19.8 Å². The molecule has 0 aliphatic carbocycles. The lowest BCUT2D eigenvalue weighted by molar-refractivity contribution is 0.0694. The number of nitrogens with zero attached hydrogens (tertiary/aromatic N) is 2. The molecule has 0 unspecified atom stereocenters. The number of hydrogen-bond donors (Lipinski definition) is 2. The van der Waals surface area contributed by atoms with Crippen LogP contribution in [0.5, 0.6) is 5.19 Å². The molecule has 6 nitrogen and oxygen atoms in total. The summed E-state index contributed by atoms with van der Waals surface area (Å²) in [6.45, 7) is 0. The fraction of sp³-hybridized carbons (Fsp3) is 0.0500. The Kier molecular flexibility index (Phi) is 4.21. The third-order valence-corrected chi connectivity index (χ3v) is 5.17. The van der Waals surface area contributed by atoms with Crippen LogP contribution in [0.2, 0.25) is 0 Å². The molecular weight excluding hydrogens is 364 g/mol. The van der Waals surface area contributed by atoms with Crippen molar-refractivity contribution in [2.45, 2.75) is 6.04 Å². The van der Waals surface area contributed by atoms with Gasteiger partial charge in [0.2, 0.25) is 5.43 Å². The van der Waals surface area contributed by atoms with Crippen molar-refractivity contribution < 1.29 is 15.0 Å². The average molecular weight is 378 g/mol. The van der Waals surface area contributed by atoms with Crippen LogP contribution >= 0.6 is 11.3 Å². The summed E-state index contributed by atoms with van der Waals surface area (Å²) in [7, 11) is 0. The largest absolute Gasteiger partial charge is 0.486 e. The van der Waals surface area contributed by atoms with Gasteiger partial charge < -0.3 is 14.8 Å². The summed E-state index contributed by atoms with van der Waals surface area (Å²) < 4.78 is 1.70. The number of rotatable bonds is 4. The van der Waals surface area contributed by atoms with E-state index >= 15 is 0 Å². The topological polar surface area (TPSA) is 92.4 Å². The highest BCUT2D eigenvalue weighted by Gasteiger charge is 2.24. The van der Waals surface area contributed by atoms with Crippen molar-refractivity contribution in [1.29, 1.82) is 0 Å². The first-order valence-electron chi connectivity index (χ1n) is 8.14. The molecule has 0 radical (unpaired) electrons. The molecule has 0 saturated carbocycles. The Morgan fingerprint density at radius 2 is 1.56 bits per heavy atom. The van der Waals surface area contributed by atoms with Gasteiger partial charge in [-0.05, 0) is 11.1 Å². The Bertz CT molecular complexity index is 1140. The molecule has 2 aromatic heterocycles. The first-order chi connectivity index (χ1) is 13.1. The van der Waals surface area contributed by atoms with Gasteiger partial charge in [0.1, 0.15) is 10.4 Å². The first kappa shape index (κ1) is 17.0. The number of aromatic hydroxyl groups is 1. The van der Waals surface area contributed by atoms with Gasteiger partial charge in [-0.15, -0.1) is 0 Å². The highest BCUT2D eigenvalue weighted by molar-refractivity contribution is 7.19. The molecule has 2 aromatic carbocycles. The van der Waals surface area contributed by atoms with Crippen molar-refractivity contribution in [1.82, 2.24) is 9.55 Å². The van der Waals surface area contributed by atoms with Crippen LogP contribution < -0.4 is 5.43 Å². The van der Waals surface area contributed by atoms with Crippen LogP contribution in [0.1, 0.15) is 27.5 Å². The second-order valence-electron chi connectivity index (χ2n) is 5.96. The molecule has 2 N–H and O–H groups in total. The van der Waals surface area contributed by atoms with E-state index < -0.39 is 11.4 Å². The van der Waals surface area contributed by atoms with Gasteiger partial charge >= 0.3 is 5.97 Å². The summed E-state index contributed by atoms with van der Waals surface area (Å²) in [6, 6.07) is 18.7. The Balaban J connectivity index is 2.09. The standard InChI is InChI=1S/C20H14N2O4S/c23-17-14(19(24)25)11-22(18-15(17)21-20(26)27-18)16(12-7-3-1-4-8-12)13-9-5-2-6-10-13/h1-11,16H,(H,21,26)(H,24,25). The molecule has 4 aromatic rings. The van der Waals surface area contributed by atoms with Gasteiger partial charge in [0.25, 0.3) is 5.19 Å². The van der Waals surface area contributed by atoms with Crippen LogP contribution in [0, 0.1) is 0 Å². The maximum atomic E-state index is 12.5. The fourth-order valence-corrected chi connectivity index (χ4v) is 3.94. The number of carboxylic acid groups (broad SMARTS) is 1. The molecule has 0 spiro atoms. The van der Waals surface area contributed by atoms with Crippen LogP contribution in [0.3, 0.4) is 0 Å². The number of carbonyl (C=O) groups is 1. The van der Waals surface area contributed by atoms with Gasteiger partial charge in [0, 0.05) is 6.20 Å². The smallest absolute Gasteiger partial charge is 0.341 e.